The van der Waals surface area contributed by atoms with Crippen LogP contribution in [0.3, 0.4) is 0 Å². The van der Waals surface area contributed by atoms with Crippen LogP contribution in [-0.4, -0.2) is 24.2 Å². The van der Waals surface area contributed by atoms with Crippen LogP contribution in [0.5, 0.6) is 5.75 Å². The van der Waals surface area contributed by atoms with E-state index in [1.54, 1.807) is 7.11 Å². The molecule has 21 heavy (non-hydrogen) atoms. The Morgan fingerprint density at radius 3 is 2.48 bits per heavy atom. The normalized spacial score (nSPS) is 11.9. The molecule has 0 bridgehead atoms. The van der Waals surface area contributed by atoms with Crippen molar-refractivity contribution >= 4 is 5.97 Å². The maximum Gasteiger partial charge on any atom is 0.304 e. The van der Waals surface area contributed by atoms with Crippen molar-refractivity contribution in [1.29, 1.82) is 0 Å². The topological polar surface area (TPSA) is 72.5 Å². The highest BCUT2D eigenvalue weighted by atomic mass is 16.5. The van der Waals surface area contributed by atoms with Crippen molar-refractivity contribution in [2.75, 3.05) is 7.11 Å². The first-order valence-electron chi connectivity index (χ1n) is 6.80. The van der Waals surface area contributed by atoms with Crippen LogP contribution in [-0.2, 0) is 11.2 Å². The van der Waals surface area contributed by atoms with E-state index in [1.807, 2.05) is 48.5 Å². The summed E-state index contributed by atoms with van der Waals surface area (Å²) in [4.78, 5) is 10.6. The highest BCUT2D eigenvalue weighted by Crippen LogP contribution is 2.29. The molecule has 0 heterocycles. The van der Waals surface area contributed by atoms with Gasteiger partial charge in [-0.05, 0) is 23.6 Å². The van der Waals surface area contributed by atoms with Gasteiger partial charge in [-0.3, -0.25) is 4.79 Å². The van der Waals surface area contributed by atoms with Crippen molar-refractivity contribution in [2.24, 2.45) is 5.73 Å². The summed E-state index contributed by atoms with van der Waals surface area (Å²) in [5, 5.41) is 8.72. The van der Waals surface area contributed by atoms with E-state index in [4.69, 9.17) is 15.6 Å². The number of benzene rings is 2. The number of hydrogen-bond donors (Lipinski definition) is 2. The lowest BCUT2D eigenvalue weighted by Gasteiger charge is -2.11. The van der Waals surface area contributed by atoms with Crippen LogP contribution in [0.2, 0.25) is 0 Å². The third-order valence-corrected chi connectivity index (χ3v) is 3.31. The molecule has 2 rings (SSSR count). The van der Waals surface area contributed by atoms with Gasteiger partial charge in [-0.2, -0.15) is 0 Å². The summed E-state index contributed by atoms with van der Waals surface area (Å²) < 4.78 is 5.35. The third kappa shape index (κ3) is 4.07. The molecule has 4 nitrogen and oxygen atoms in total. The molecule has 0 aromatic heterocycles. The van der Waals surface area contributed by atoms with Crippen molar-refractivity contribution in [2.45, 2.75) is 18.9 Å². The number of hydrogen-bond acceptors (Lipinski definition) is 3. The Balaban J connectivity index is 2.13. The number of para-hydroxylation sites is 1. The van der Waals surface area contributed by atoms with E-state index in [1.165, 1.54) is 0 Å². The second kappa shape index (κ2) is 6.90. The van der Waals surface area contributed by atoms with Crippen LogP contribution in [0.15, 0.2) is 48.5 Å². The predicted octanol–water partition coefficient (Wildman–Crippen LogP) is 2.71. The van der Waals surface area contributed by atoms with Crippen LogP contribution in [0.25, 0.3) is 11.1 Å². The molecule has 0 aliphatic heterocycles. The van der Waals surface area contributed by atoms with E-state index in [-0.39, 0.29) is 12.5 Å². The molecular weight excluding hydrogens is 266 g/mol. The van der Waals surface area contributed by atoms with Gasteiger partial charge in [-0.15, -0.1) is 0 Å². The van der Waals surface area contributed by atoms with E-state index in [2.05, 4.69) is 0 Å². The number of ether oxygens (including phenoxy) is 1. The Labute approximate surface area is 124 Å². The van der Waals surface area contributed by atoms with Crippen LogP contribution in [0.4, 0.5) is 0 Å². The SMILES string of the molecule is COc1ccccc1-c1ccc(CC(N)CC(=O)O)cc1. The number of rotatable bonds is 6. The van der Waals surface area contributed by atoms with Crippen molar-refractivity contribution in [3.8, 4) is 16.9 Å². The van der Waals surface area contributed by atoms with Gasteiger partial charge in [0.15, 0.2) is 0 Å². The average molecular weight is 285 g/mol. The molecule has 2 aromatic carbocycles. The van der Waals surface area contributed by atoms with Gasteiger partial charge in [-0.1, -0.05) is 42.5 Å². The van der Waals surface area contributed by atoms with Crippen LogP contribution in [0, 0.1) is 0 Å². The van der Waals surface area contributed by atoms with Gasteiger partial charge in [0.2, 0.25) is 0 Å². The van der Waals surface area contributed by atoms with Crippen molar-refractivity contribution in [3.05, 3.63) is 54.1 Å². The Kier molecular flexibility index (Phi) is 4.95. The standard InChI is InChI=1S/C17H19NO3/c1-21-16-5-3-2-4-15(16)13-8-6-12(7-9-13)10-14(18)11-17(19)20/h2-9,14H,10-11,18H2,1H3,(H,19,20). The molecule has 0 spiro atoms. The zero-order chi connectivity index (χ0) is 15.2. The largest absolute Gasteiger partial charge is 0.496 e. The number of carbonyl (C=O) groups is 1. The summed E-state index contributed by atoms with van der Waals surface area (Å²) in [7, 11) is 1.65. The molecule has 0 saturated carbocycles. The Morgan fingerprint density at radius 2 is 1.86 bits per heavy atom. The van der Waals surface area contributed by atoms with Gasteiger partial charge >= 0.3 is 5.97 Å². The van der Waals surface area contributed by atoms with Gasteiger partial charge in [0, 0.05) is 11.6 Å². The first kappa shape index (κ1) is 15.1. The van der Waals surface area contributed by atoms with Crippen LogP contribution in [0.1, 0.15) is 12.0 Å². The monoisotopic (exact) mass is 285 g/mol. The van der Waals surface area contributed by atoms with E-state index >= 15 is 0 Å². The summed E-state index contributed by atoms with van der Waals surface area (Å²) in [5.41, 5.74) is 8.92. The van der Waals surface area contributed by atoms with Gasteiger partial charge in [0.25, 0.3) is 0 Å². The van der Waals surface area contributed by atoms with Gasteiger partial charge in [0.1, 0.15) is 5.75 Å². The molecule has 0 amide bonds. The second-order valence-electron chi connectivity index (χ2n) is 4.96. The summed E-state index contributed by atoms with van der Waals surface area (Å²) in [6.45, 7) is 0. The zero-order valence-corrected chi connectivity index (χ0v) is 12.0. The Hall–Kier alpha value is -2.33. The fourth-order valence-electron chi connectivity index (χ4n) is 2.30. The van der Waals surface area contributed by atoms with Gasteiger partial charge in [-0.25, -0.2) is 0 Å². The number of carboxylic acids is 1. The maximum atomic E-state index is 10.6. The van der Waals surface area contributed by atoms with E-state index < -0.39 is 5.97 Å². The van der Waals surface area contributed by atoms with Crippen molar-refractivity contribution in [1.82, 2.24) is 0 Å². The molecular formula is C17H19NO3. The first-order valence-corrected chi connectivity index (χ1v) is 6.80. The van der Waals surface area contributed by atoms with E-state index in [0.29, 0.717) is 6.42 Å². The molecule has 1 unspecified atom stereocenters. The summed E-state index contributed by atoms with van der Waals surface area (Å²) >= 11 is 0. The summed E-state index contributed by atoms with van der Waals surface area (Å²) in [5.74, 6) is -0.0408. The predicted molar refractivity (Wildman–Crippen MR) is 82.4 cm³/mol. The maximum absolute atomic E-state index is 10.6. The quantitative estimate of drug-likeness (QED) is 0.856. The molecule has 0 aliphatic carbocycles. The molecule has 0 aliphatic rings. The molecule has 1 atom stereocenters. The van der Waals surface area contributed by atoms with Gasteiger partial charge in [0.05, 0.1) is 13.5 Å². The lowest BCUT2D eigenvalue weighted by molar-refractivity contribution is -0.137. The fraction of sp³-hybridized carbons (Fsp3) is 0.235. The lowest BCUT2D eigenvalue weighted by Crippen LogP contribution is -2.26. The molecule has 0 radical (unpaired) electrons. The zero-order valence-electron chi connectivity index (χ0n) is 12.0. The molecule has 3 N–H and O–H groups in total. The minimum atomic E-state index is -0.867. The van der Waals surface area contributed by atoms with Crippen LogP contribution >= 0.6 is 0 Å². The number of carboxylic acid groups (broad SMARTS) is 1. The van der Waals surface area contributed by atoms with E-state index in [9.17, 15) is 4.79 Å². The molecule has 2 aromatic rings. The van der Waals surface area contributed by atoms with Gasteiger partial charge < -0.3 is 15.6 Å². The minimum absolute atomic E-state index is 0.0196. The fourth-order valence-corrected chi connectivity index (χ4v) is 2.30. The Bertz CT molecular complexity index is 608. The number of methoxy groups -OCH3 is 1. The Morgan fingerprint density at radius 1 is 1.19 bits per heavy atom. The van der Waals surface area contributed by atoms with Crippen molar-refractivity contribution < 1.29 is 14.6 Å². The highest BCUT2D eigenvalue weighted by molar-refractivity contribution is 5.70. The highest BCUT2D eigenvalue weighted by Gasteiger charge is 2.09. The molecule has 110 valence electrons. The van der Waals surface area contributed by atoms with Crippen molar-refractivity contribution in [3.63, 3.8) is 0 Å². The molecule has 0 fully saturated rings. The first-order chi connectivity index (χ1) is 10.1. The number of nitrogens with two attached hydrogens (primary N) is 1. The molecule has 4 heteroatoms. The van der Waals surface area contributed by atoms with E-state index in [0.717, 1.165) is 22.4 Å². The summed E-state index contributed by atoms with van der Waals surface area (Å²) in [6, 6.07) is 15.4. The average Bonchev–Trinajstić information content (AvgIpc) is 2.47. The number of aliphatic carboxylic acids is 1. The second-order valence-corrected chi connectivity index (χ2v) is 4.96. The smallest absolute Gasteiger partial charge is 0.304 e. The minimum Gasteiger partial charge on any atom is -0.496 e. The summed E-state index contributed by atoms with van der Waals surface area (Å²) in [6.07, 6.45) is 0.534. The van der Waals surface area contributed by atoms with Crippen LogP contribution < -0.4 is 10.5 Å². The lowest BCUT2D eigenvalue weighted by atomic mass is 9.99. The molecule has 0 saturated heterocycles. The third-order valence-electron chi connectivity index (χ3n) is 3.31.